The average Bonchev–Trinajstić information content (AvgIpc) is 3.06. The van der Waals surface area contributed by atoms with E-state index in [0.29, 0.717) is 22.7 Å². The molecule has 1 fully saturated rings. The molecule has 2 aromatic heterocycles. The highest BCUT2D eigenvalue weighted by atomic mass is 19.1. The zero-order valence-electron chi connectivity index (χ0n) is 19.4. The number of hydrogen-bond donors (Lipinski definition) is 3. The first-order valence-electron chi connectivity index (χ1n) is 11.1. The molecule has 0 radical (unpaired) electrons. The lowest BCUT2D eigenvalue weighted by molar-refractivity contribution is 0.312. The van der Waals surface area contributed by atoms with Crippen molar-refractivity contribution in [2.24, 2.45) is 24.8 Å². The minimum absolute atomic E-state index is 0.165. The third-order valence-electron chi connectivity index (χ3n) is 6.56. The van der Waals surface area contributed by atoms with Gasteiger partial charge in [0.15, 0.2) is 11.5 Å². The second-order valence-electron chi connectivity index (χ2n) is 8.81. The Labute approximate surface area is 196 Å². The van der Waals surface area contributed by atoms with Crippen molar-refractivity contribution < 1.29 is 4.39 Å². The number of benzene rings is 1. The standard InChI is InChI=1S/C23H28FN9O/c1-30-8-10-33(11-9-30)20-7-5-16(13-26-20)28-21-27-14-19(24)23(25,29-21)15-4-6-17-18(12-15)32(3)22(34)31(17)2/h4-7,12-14H,8-11,25H2,1-3H3,(H2,27,28,29). The van der Waals surface area contributed by atoms with Crippen molar-refractivity contribution in [3.05, 3.63) is 64.6 Å². The molecular weight excluding hydrogens is 437 g/mol. The molecule has 1 unspecified atom stereocenters. The molecule has 2 aliphatic heterocycles. The van der Waals surface area contributed by atoms with Crippen LogP contribution in [0.3, 0.4) is 0 Å². The quantitative estimate of drug-likeness (QED) is 0.530. The third kappa shape index (κ3) is 3.72. The van der Waals surface area contributed by atoms with E-state index in [1.54, 1.807) is 38.5 Å². The minimum atomic E-state index is -1.64. The molecule has 0 spiro atoms. The zero-order chi connectivity index (χ0) is 24.0. The van der Waals surface area contributed by atoms with E-state index in [0.717, 1.165) is 43.7 Å². The Morgan fingerprint density at radius 2 is 1.79 bits per heavy atom. The monoisotopic (exact) mass is 465 g/mol. The first-order valence-corrected chi connectivity index (χ1v) is 11.1. The lowest BCUT2D eigenvalue weighted by Crippen LogP contribution is -2.56. The molecule has 4 heterocycles. The molecule has 34 heavy (non-hydrogen) atoms. The molecule has 1 atom stereocenters. The van der Waals surface area contributed by atoms with Gasteiger partial charge in [0.1, 0.15) is 5.82 Å². The van der Waals surface area contributed by atoms with Crippen LogP contribution in [-0.4, -0.2) is 58.2 Å². The van der Waals surface area contributed by atoms with Gasteiger partial charge < -0.3 is 20.4 Å². The van der Waals surface area contributed by atoms with Gasteiger partial charge in [0.2, 0.25) is 5.96 Å². The molecule has 0 saturated carbocycles. The van der Waals surface area contributed by atoms with Crippen LogP contribution in [0, 0.1) is 0 Å². The number of imidazole rings is 1. The van der Waals surface area contributed by atoms with Gasteiger partial charge in [-0.15, -0.1) is 0 Å². The number of nitrogens with zero attached hydrogens (tertiary/aromatic N) is 6. The number of aromatic nitrogens is 3. The highest BCUT2D eigenvalue weighted by Gasteiger charge is 2.37. The van der Waals surface area contributed by atoms with E-state index >= 15 is 0 Å². The predicted molar refractivity (Wildman–Crippen MR) is 131 cm³/mol. The number of aliphatic imine (C=N–C) groups is 1. The van der Waals surface area contributed by atoms with Gasteiger partial charge >= 0.3 is 5.69 Å². The van der Waals surface area contributed by atoms with Crippen LogP contribution in [0.4, 0.5) is 15.9 Å². The van der Waals surface area contributed by atoms with Gasteiger partial charge in [-0.3, -0.25) is 14.9 Å². The van der Waals surface area contributed by atoms with E-state index in [1.807, 2.05) is 12.1 Å². The third-order valence-corrected chi connectivity index (χ3v) is 6.56. The van der Waals surface area contributed by atoms with Crippen molar-refractivity contribution in [1.82, 2.24) is 24.3 Å². The van der Waals surface area contributed by atoms with Crippen LogP contribution in [0.2, 0.25) is 0 Å². The number of anilines is 2. The number of fused-ring (bicyclic) bond motifs is 1. The summed E-state index contributed by atoms with van der Waals surface area (Å²) in [6.45, 7) is 3.87. The fraction of sp³-hybridized carbons (Fsp3) is 0.348. The predicted octanol–water partition coefficient (Wildman–Crippen LogP) is 1.02. The van der Waals surface area contributed by atoms with Crippen molar-refractivity contribution in [3.63, 3.8) is 0 Å². The normalized spacial score (nSPS) is 21.3. The van der Waals surface area contributed by atoms with Gasteiger partial charge in [-0.25, -0.2) is 19.2 Å². The van der Waals surface area contributed by atoms with Crippen molar-refractivity contribution >= 4 is 28.5 Å². The number of halogens is 1. The van der Waals surface area contributed by atoms with Crippen LogP contribution < -0.4 is 27.0 Å². The zero-order valence-corrected chi connectivity index (χ0v) is 19.4. The number of likely N-dealkylation sites (N-methyl/N-ethyl adjacent to an activating group) is 1. The summed E-state index contributed by atoms with van der Waals surface area (Å²) in [4.78, 5) is 25.5. The van der Waals surface area contributed by atoms with Crippen molar-refractivity contribution in [2.45, 2.75) is 5.66 Å². The van der Waals surface area contributed by atoms with E-state index in [1.165, 1.54) is 9.13 Å². The summed E-state index contributed by atoms with van der Waals surface area (Å²) < 4.78 is 18.0. The lowest BCUT2D eigenvalue weighted by Gasteiger charge is -2.34. The van der Waals surface area contributed by atoms with E-state index in [4.69, 9.17) is 5.73 Å². The average molecular weight is 466 g/mol. The van der Waals surface area contributed by atoms with Crippen molar-refractivity contribution in [2.75, 3.05) is 43.4 Å². The molecule has 3 aromatic rings. The van der Waals surface area contributed by atoms with Crippen LogP contribution in [0.25, 0.3) is 11.0 Å². The Balaban J connectivity index is 1.36. The van der Waals surface area contributed by atoms with E-state index < -0.39 is 11.5 Å². The summed E-state index contributed by atoms with van der Waals surface area (Å²) in [5.41, 5.74) is 7.24. The molecule has 0 bridgehead atoms. The maximum absolute atomic E-state index is 14.9. The molecule has 10 nitrogen and oxygen atoms in total. The van der Waals surface area contributed by atoms with Crippen LogP contribution in [0.1, 0.15) is 5.56 Å². The maximum Gasteiger partial charge on any atom is 0.328 e. The molecule has 2 aliphatic rings. The number of aryl methyl sites for hydroxylation is 2. The first-order chi connectivity index (χ1) is 16.3. The Morgan fingerprint density at radius 3 is 2.50 bits per heavy atom. The van der Waals surface area contributed by atoms with Crippen LogP contribution in [-0.2, 0) is 19.8 Å². The molecule has 1 saturated heterocycles. The molecule has 11 heteroatoms. The molecule has 0 aliphatic carbocycles. The lowest BCUT2D eigenvalue weighted by atomic mass is 9.97. The molecule has 178 valence electrons. The Morgan fingerprint density at radius 1 is 1.06 bits per heavy atom. The summed E-state index contributed by atoms with van der Waals surface area (Å²) in [6, 6.07) is 9.04. The smallest absolute Gasteiger partial charge is 0.328 e. The number of piperazine rings is 1. The van der Waals surface area contributed by atoms with E-state index in [-0.39, 0.29) is 5.69 Å². The van der Waals surface area contributed by atoms with E-state index in [2.05, 4.69) is 37.5 Å². The summed E-state index contributed by atoms with van der Waals surface area (Å²) in [5.74, 6) is 0.569. The van der Waals surface area contributed by atoms with Crippen molar-refractivity contribution in [1.29, 1.82) is 0 Å². The largest absolute Gasteiger partial charge is 0.354 e. The summed E-state index contributed by atoms with van der Waals surface area (Å²) in [5, 5.41) is 6.09. The molecule has 1 aromatic carbocycles. The fourth-order valence-electron chi connectivity index (χ4n) is 4.35. The number of hydrogen-bond acceptors (Lipinski definition) is 8. The number of nitrogens with two attached hydrogens (primary N) is 1. The number of rotatable bonds is 3. The highest BCUT2D eigenvalue weighted by Crippen LogP contribution is 2.30. The fourth-order valence-corrected chi connectivity index (χ4v) is 4.35. The second kappa shape index (κ2) is 8.26. The highest BCUT2D eigenvalue weighted by molar-refractivity contribution is 5.95. The van der Waals surface area contributed by atoms with Gasteiger partial charge in [0.05, 0.1) is 29.1 Å². The number of guanidine groups is 1. The Kier molecular flexibility index (Phi) is 5.37. The number of nitrogens with one attached hydrogen (secondary N) is 2. The van der Waals surface area contributed by atoms with Gasteiger partial charge in [-0.2, -0.15) is 0 Å². The molecule has 5 rings (SSSR count). The van der Waals surface area contributed by atoms with Crippen LogP contribution in [0.15, 0.2) is 58.3 Å². The minimum Gasteiger partial charge on any atom is -0.354 e. The Hall–Kier alpha value is -3.70. The van der Waals surface area contributed by atoms with Gasteiger partial charge in [0.25, 0.3) is 0 Å². The number of pyridine rings is 1. The summed E-state index contributed by atoms with van der Waals surface area (Å²) in [7, 11) is 5.48. The summed E-state index contributed by atoms with van der Waals surface area (Å²) >= 11 is 0. The van der Waals surface area contributed by atoms with Gasteiger partial charge in [0, 0.05) is 45.8 Å². The second-order valence-corrected chi connectivity index (χ2v) is 8.81. The van der Waals surface area contributed by atoms with Crippen LogP contribution >= 0.6 is 0 Å². The van der Waals surface area contributed by atoms with Gasteiger partial charge in [-0.05, 0) is 31.3 Å². The molecule has 0 amide bonds. The Bertz CT molecular complexity index is 1350. The molecule has 4 N–H and O–H groups in total. The first kappa shape index (κ1) is 22.1. The van der Waals surface area contributed by atoms with Crippen LogP contribution in [0.5, 0.6) is 0 Å². The topological polar surface area (TPSA) is 109 Å². The maximum atomic E-state index is 14.9. The summed E-state index contributed by atoms with van der Waals surface area (Å²) in [6.07, 6.45) is 2.82. The van der Waals surface area contributed by atoms with Gasteiger partial charge in [-0.1, -0.05) is 6.07 Å². The van der Waals surface area contributed by atoms with E-state index in [9.17, 15) is 9.18 Å². The molecular formula is C23H28FN9O. The van der Waals surface area contributed by atoms with Crippen molar-refractivity contribution in [3.8, 4) is 0 Å². The SMILES string of the molecule is CN1CCN(c2ccc(NC3=NC=C(F)C(N)(c4ccc5c(c4)n(C)c(=O)n5C)N3)cn2)CC1.